The molecule has 82 valence electrons. The first-order valence-electron chi connectivity index (χ1n) is 4.06. The quantitative estimate of drug-likeness (QED) is 0.733. The van der Waals surface area contributed by atoms with Crippen LogP contribution >= 0.6 is 0 Å². The van der Waals surface area contributed by atoms with Crippen LogP contribution in [0.1, 0.15) is 5.56 Å². The highest BCUT2D eigenvalue weighted by Gasteiger charge is 2.07. The van der Waals surface area contributed by atoms with Gasteiger partial charge in [-0.05, 0) is 17.7 Å². The highest BCUT2D eigenvalue weighted by Crippen LogP contribution is 2.13. The van der Waals surface area contributed by atoms with Crippen LogP contribution in [-0.4, -0.2) is 15.5 Å². The second-order valence-electron chi connectivity index (χ2n) is 2.85. The van der Waals surface area contributed by atoms with E-state index >= 15 is 0 Å². The minimum absolute atomic E-state index is 0.0662. The molecule has 1 rings (SSSR count). The van der Waals surface area contributed by atoms with E-state index in [0.717, 1.165) is 5.56 Å². The van der Waals surface area contributed by atoms with Crippen LogP contribution in [0.15, 0.2) is 35.7 Å². The number of nitrogens with two attached hydrogens (primary N) is 1. The maximum atomic E-state index is 11.0. The predicted octanol–water partition coefficient (Wildman–Crippen LogP) is 0.456. The molecule has 1 aromatic carbocycles. The zero-order valence-electron chi connectivity index (χ0n) is 8.23. The Morgan fingerprint density at radius 1 is 1.40 bits per heavy atom. The highest BCUT2D eigenvalue weighted by atomic mass is 32.2. The van der Waals surface area contributed by atoms with Gasteiger partial charge in [0.15, 0.2) is 0 Å². The van der Waals surface area contributed by atoms with E-state index in [2.05, 4.69) is 16.9 Å². The molecule has 0 bridgehead atoms. The summed E-state index contributed by atoms with van der Waals surface area (Å²) in [5, 5.41) is 4.95. The Bertz CT molecular complexity index is 451. The third-order valence-electron chi connectivity index (χ3n) is 1.76. The third kappa shape index (κ3) is 3.05. The van der Waals surface area contributed by atoms with E-state index in [1.807, 2.05) is 0 Å². The first-order chi connectivity index (χ1) is 6.95. The maximum absolute atomic E-state index is 11.0. The van der Waals surface area contributed by atoms with Gasteiger partial charge in [0.1, 0.15) is 0 Å². The van der Waals surface area contributed by atoms with Gasteiger partial charge in [-0.1, -0.05) is 18.7 Å². The van der Waals surface area contributed by atoms with Crippen molar-refractivity contribution in [1.82, 2.24) is 5.48 Å². The van der Waals surface area contributed by atoms with Crippen LogP contribution < -0.4 is 10.6 Å². The summed E-state index contributed by atoms with van der Waals surface area (Å²) in [6, 6.07) is 6.00. The number of nitrogens with one attached hydrogen (secondary N) is 1. The Morgan fingerprint density at radius 2 is 1.93 bits per heavy atom. The number of benzene rings is 1. The van der Waals surface area contributed by atoms with Gasteiger partial charge in [-0.15, -0.1) is 0 Å². The van der Waals surface area contributed by atoms with E-state index in [-0.39, 0.29) is 4.90 Å². The van der Waals surface area contributed by atoms with Crippen molar-refractivity contribution in [1.29, 1.82) is 0 Å². The summed E-state index contributed by atoms with van der Waals surface area (Å²) in [5.74, 6) is 0. The van der Waals surface area contributed by atoms with Gasteiger partial charge < -0.3 is 0 Å². The van der Waals surface area contributed by atoms with Gasteiger partial charge in [0.2, 0.25) is 10.0 Å². The van der Waals surface area contributed by atoms with Crippen LogP contribution in [0.4, 0.5) is 0 Å². The zero-order valence-corrected chi connectivity index (χ0v) is 9.04. The summed E-state index contributed by atoms with van der Waals surface area (Å²) in [6.07, 6.45) is 0. The molecule has 0 fully saturated rings. The van der Waals surface area contributed by atoms with Crippen molar-refractivity contribution in [2.75, 3.05) is 7.11 Å². The Hall–Kier alpha value is -1.37. The number of hydrogen-bond acceptors (Lipinski definition) is 4. The fourth-order valence-corrected chi connectivity index (χ4v) is 1.54. The molecule has 15 heavy (non-hydrogen) atoms. The molecule has 0 aliphatic heterocycles. The van der Waals surface area contributed by atoms with Gasteiger partial charge in [0.25, 0.3) is 0 Å². The Labute approximate surface area is 88.6 Å². The highest BCUT2D eigenvalue weighted by molar-refractivity contribution is 7.89. The zero-order chi connectivity index (χ0) is 11.5. The molecule has 0 aromatic heterocycles. The first kappa shape index (κ1) is 11.7. The van der Waals surface area contributed by atoms with E-state index in [9.17, 15) is 8.42 Å². The number of primary sulfonamides is 1. The van der Waals surface area contributed by atoms with Gasteiger partial charge in [-0.25, -0.2) is 13.6 Å². The predicted molar refractivity (Wildman–Crippen MR) is 57.0 cm³/mol. The molecule has 5 nitrogen and oxygen atoms in total. The van der Waals surface area contributed by atoms with Crippen molar-refractivity contribution >= 4 is 15.7 Å². The Balaban J connectivity index is 2.96. The van der Waals surface area contributed by atoms with Gasteiger partial charge in [0, 0.05) is 0 Å². The average Bonchev–Trinajstić information content (AvgIpc) is 2.17. The van der Waals surface area contributed by atoms with Crippen LogP contribution in [0, 0.1) is 0 Å². The molecule has 0 aliphatic rings. The summed E-state index contributed by atoms with van der Waals surface area (Å²) in [4.78, 5) is 4.73. The fraction of sp³-hybridized carbons (Fsp3) is 0.111. The molecule has 0 unspecified atom stereocenters. The van der Waals surface area contributed by atoms with Crippen molar-refractivity contribution in [2.24, 2.45) is 5.14 Å². The molecule has 0 spiro atoms. The van der Waals surface area contributed by atoms with Crippen LogP contribution in [0.25, 0.3) is 5.70 Å². The lowest BCUT2D eigenvalue weighted by molar-refractivity contribution is 0.137. The van der Waals surface area contributed by atoms with Crippen LogP contribution in [0.3, 0.4) is 0 Å². The van der Waals surface area contributed by atoms with E-state index in [4.69, 9.17) is 5.14 Å². The average molecular weight is 228 g/mol. The van der Waals surface area contributed by atoms with Gasteiger partial charge in [-0.3, -0.25) is 10.3 Å². The Kier molecular flexibility index (Phi) is 3.46. The lowest BCUT2D eigenvalue weighted by Crippen LogP contribution is -2.12. The topological polar surface area (TPSA) is 81.4 Å². The lowest BCUT2D eigenvalue weighted by Gasteiger charge is -2.07. The molecular weight excluding hydrogens is 216 g/mol. The molecule has 3 N–H and O–H groups in total. The molecule has 0 saturated carbocycles. The first-order valence-corrected chi connectivity index (χ1v) is 5.61. The SMILES string of the molecule is C=C(NOC)c1ccc(S(N)(=O)=O)cc1. The molecule has 1 aromatic rings. The largest absolute Gasteiger partial charge is 0.279 e. The van der Waals surface area contributed by atoms with Crippen molar-refractivity contribution in [2.45, 2.75) is 4.90 Å². The molecular formula is C9H12N2O3S. The summed E-state index contributed by atoms with van der Waals surface area (Å²) in [7, 11) is -2.18. The molecule has 6 heteroatoms. The summed E-state index contributed by atoms with van der Waals surface area (Å²) >= 11 is 0. The Morgan fingerprint density at radius 3 is 2.33 bits per heavy atom. The van der Waals surface area contributed by atoms with Crippen molar-refractivity contribution in [3.05, 3.63) is 36.4 Å². The van der Waals surface area contributed by atoms with Crippen molar-refractivity contribution in [3.63, 3.8) is 0 Å². The van der Waals surface area contributed by atoms with Crippen LogP contribution in [0.2, 0.25) is 0 Å². The molecule has 0 aliphatic carbocycles. The normalized spacial score (nSPS) is 11.1. The second-order valence-corrected chi connectivity index (χ2v) is 4.42. The third-order valence-corrected chi connectivity index (χ3v) is 2.69. The number of rotatable bonds is 4. The molecule has 0 radical (unpaired) electrons. The maximum Gasteiger partial charge on any atom is 0.238 e. The van der Waals surface area contributed by atoms with Gasteiger partial charge in [-0.2, -0.15) is 0 Å². The van der Waals surface area contributed by atoms with E-state index in [0.29, 0.717) is 5.70 Å². The smallest absolute Gasteiger partial charge is 0.238 e. The molecule has 0 atom stereocenters. The minimum Gasteiger partial charge on any atom is -0.279 e. The summed E-state index contributed by atoms with van der Waals surface area (Å²) in [6.45, 7) is 3.69. The van der Waals surface area contributed by atoms with Crippen molar-refractivity contribution < 1.29 is 13.3 Å². The molecule has 0 heterocycles. The second kappa shape index (κ2) is 4.43. The number of hydrogen-bond donors (Lipinski definition) is 2. The number of sulfonamides is 1. The van der Waals surface area contributed by atoms with E-state index in [1.165, 1.54) is 19.2 Å². The van der Waals surface area contributed by atoms with Gasteiger partial charge in [0.05, 0.1) is 17.7 Å². The summed E-state index contributed by atoms with van der Waals surface area (Å²) < 4.78 is 21.9. The summed E-state index contributed by atoms with van der Waals surface area (Å²) in [5.41, 5.74) is 3.81. The minimum atomic E-state index is -3.64. The molecule has 0 amide bonds. The number of hydroxylamine groups is 1. The van der Waals surface area contributed by atoms with Gasteiger partial charge >= 0.3 is 0 Å². The fourth-order valence-electron chi connectivity index (χ4n) is 1.03. The van der Waals surface area contributed by atoms with E-state index in [1.54, 1.807) is 12.1 Å². The van der Waals surface area contributed by atoms with E-state index < -0.39 is 10.0 Å². The monoisotopic (exact) mass is 228 g/mol. The van der Waals surface area contributed by atoms with Crippen LogP contribution in [-0.2, 0) is 14.9 Å². The van der Waals surface area contributed by atoms with Crippen LogP contribution in [0.5, 0.6) is 0 Å². The molecule has 0 saturated heterocycles. The van der Waals surface area contributed by atoms with Crippen molar-refractivity contribution in [3.8, 4) is 0 Å². The standard InChI is InChI=1S/C9H12N2O3S/c1-7(11-14-2)8-3-5-9(6-4-8)15(10,12)13/h3-6,11H,1H2,2H3,(H2,10,12,13). The lowest BCUT2D eigenvalue weighted by atomic mass is 10.2.